The molecule has 0 atom stereocenters. The average Bonchev–Trinajstić information content (AvgIpc) is 3.45. The first-order chi connectivity index (χ1) is 17.1. The number of hydrogen-bond acceptors (Lipinski definition) is 4. The molecule has 0 aliphatic heterocycles. The number of para-hydroxylation sites is 3. The molecule has 2 heterocycles. The minimum atomic E-state index is -0.396. The molecule has 0 spiro atoms. The van der Waals surface area contributed by atoms with E-state index in [1.165, 1.54) is 0 Å². The SMILES string of the molecule is CN(Cc1cn(-c2ccccc2)nc1-c1ccccc1)C(=O)CCCn1c(=O)oc2ccccc21. The maximum atomic E-state index is 12.9. The Bertz CT molecular complexity index is 1500. The number of benzene rings is 3. The summed E-state index contributed by atoms with van der Waals surface area (Å²) in [5.41, 5.74) is 5.09. The summed E-state index contributed by atoms with van der Waals surface area (Å²) in [6.07, 6.45) is 2.86. The normalized spacial score (nSPS) is 11.1. The van der Waals surface area contributed by atoms with Crippen molar-refractivity contribution in [2.24, 2.45) is 0 Å². The van der Waals surface area contributed by atoms with Crippen molar-refractivity contribution in [1.82, 2.24) is 19.2 Å². The fraction of sp³-hybridized carbons (Fsp3) is 0.179. The van der Waals surface area contributed by atoms with E-state index in [4.69, 9.17) is 9.52 Å². The van der Waals surface area contributed by atoms with Crippen molar-refractivity contribution in [2.45, 2.75) is 25.9 Å². The van der Waals surface area contributed by atoms with Crippen molar-refractivity contribution in [3.8, 4) is 16.9 Å². The Labute approximate surface area is 202 Å². The lowest BCUT2D eigenvalue weighted by Gasteiger charge is -2.17. The van der Waals surface area contributed by atoms with E-state index in [9.17, 15) is 9.59 Å². The predicted octanol–water partition coefficient (Wildman–Crippen LogP) is 4.89. The van der Waals surface area contributed by atoms with Gasteiger partial charge in [0, 0.05) is 43.9 Å². The molecule has 2 aromatic heterocycles. The van der Waals surface area contributed by atoms with Crippen molar-refractivity contribution < 1.29 is 9.21 Å². The zero-order valence-electron chi connectivity index (χ0n) is 19.5. The van der Waals surface area contributed by atoms with E-state index in [0.29, 0.717) is 31.5 Å². The number of nitrogens with zero attached hydrogens (tertiary/aromatic N) is 4. The van der Waals surface area contributed by atoms with Gasteiger partial charge in [0.25, 0.3) is 0 Å². The first kappa shape index (κ1) is 22.4. The Balaban J connectivity index is 1.30. The van der Waals surface area contributed by atoms with Gasteiger partial charge in [-0.15, -0.1) is 0 Å². The fourth-order valence-electron chi connectivity index (χ4n) is 4.23. The maximum Gasteiger partial charge on any atom is 0.419 e. The standard InChI is InChI=1S/C28H26N4O3/c1-30(26(33)17-10-18-31-24-15-8-9-16-25(24)35-28(31)34)19-22-20-32(23-13-6-3-7-14-23)29-27(22)21-11-4-2-5-12-21/h2-9,11-16,20H,10,17-19H2,1H3. The lowest BCUT2D eigenvalue weighted by atomic mass is 10.1. The molecule has 0 unspecified atom stereocenters. The highest BCUT2D eigenvalue weighted by Gasteiger charge is 2.17. The Morgan fingerprint density at radius 3 is 2.40 bits per heavy atom. The monoisotopic (exact) mass is 466 g/mol. The van der Waals surface area contributed by atoms with Gasteiger partial charge in [-0.05, 0) is 30.7 Å². The Morgan fingerprint density at radius 1 is 0.943 bits per heavy atom. The van der Waals surface area contributed by atoms with Crippen LogP contribution in [-0.2, 0) is 17.9 Å². The van der Waals surface area contributed by atoms with E-state index >= 15 is 0 Å². The van der Waals surface area contributed by atoms with Gasteiger partial charge in [-0.3, -0.25) is 9.36 Å². The molecular weight excluding hydrogens is 440 g/mol. The second kappa shape index (κ2) is 9.85. The second-order valence-corrected chi connectivity index (χ2v) is 8.49. The molecule has 3 aromatic carbocycles. The smallest absolute Gasteiger partial charge is 0.408 e. The molecule has 35 heavy (non-hydrogen) atoms. The van der Waals surface area contributed by atoms with Crippen LogP contribution in [0.1, 0.15) is 18.4 Å². The van der Waals surface area contributed by atoms with Crippen molar-refractivity contribution in [2.75, 3.05) is 7.05 Å². The molecule has 5 rings (SSSR count). The molecule has 0 fully saturated rings. The van der Waals surface area contributed by atoms with Gasteiger partial charge in [-0.25, -0.2) is 9.48 Å². The highest BCUT2D eigenvalue weighted by molar-refractivity contribution is 5.76. The van der Waals surface area contributed by atoms with E-state index in [1.54, 1.807) is 22.6 Å². The summed E-state index contributed by atoms with van der Waals surface area (Å²) in [4.78, 5) is 26.8. The molecule has 0 saturated heterocycles. The topological polar surface area (TPSA) is 73.3 Å². The Hall–Kier alpha value is -4.39. The van der Waals surface area contributed by atoms with Crippen LogP contribution in [0.25, 0.3) is 28.0 Å². The highest BCUT2D eigenvalue weighted by Crippen LogP contribution is 2.25. The van der Waals surface area contributed by atoms with Crippen LogP contribution in [-0.4, -0.2) is 32.2 Å². The summed E-state index contributed by atoms with van der Waals surface area (Å²) in [7, 11) is 1.80. The van der Waals surface area contributed by atoms with Gasteiger partial charge in [-0.2, -0.15) is 5.10 Å². The molecule has 1 amide bonds. The summed E-state index contributed by atoms with van der Waals surface area (Å²) >= 11 is 0. The summed E-state index contributed by atoms with van der Waals surface area (Å²) in [6, 6.07) is 27.2. The number of carbonyl (C=O) groups is 1. The minimum absolute atomic E-state index is 0.0114. The number of aryl methyl sites for hydroxylation is 1. The third-order valence-electron chi connectivity index (χ3n) is 6.04. The molecule has 0 saturated carbocycles. The van der Waals surface area contributed by atoms with Crippen LogP contribution in [0.4, 0.5) is 0 Å². The van der Waals surface area contributed by atoms with Gasteiger partial charge in [0.1, 0.15) is 0 Å². The number of hydrogen-bond donors (Lipinski definition) is 0. The molecule has 176 valence electrons. The number of fused-ring (bicyclic) bond motifs is 1. The molecule has 5 aromatic rings. The molecule has 0 radical (unpaired) electrons. The highest BCUT2D eigenvalue weighted by atomic mass is 16.4. The average molecular weight is 467 g/mol. The van der Waals surface area contributed by atoms with Gasteiger partial charge in [0.05, 0.1) is 16.9 Å². The van der Waals surface area contributed by atoms with E-state index in [-0.39, 0.29) is 5.91 Å². The van der Waals surface area contributed by atoms with E-state index in [1.807, 2.05) is 89.7 Å². The molecular formula is C28H26N4O3. The largest absolute Gasteiger partial charge is 0.419 e. The zero-order chi connectivity index (χ0) is 24.2. The summed E-state index contributed by atoms with van der Waals surface area (Å²) in [6.45, 7) is 0.862. The quantitative estimate of drug-likeness (QED) is 0.327. The first-order valence-electron chi connectivity index (χ1n) is 11.6. The Morgan fingerprint density at radius 2 is 1.63 bits per heavy atom. The van der Waals surface area contributed by atoms with Gasteiger partial charge >= 0.3 is 5.76 Å². The molecule has 0 bridgehead atoms. The predicted molar refractivity (Wildman–Crippen MR) is 135 cm³/mol. The van der Waals surface area contributed by atoms with Gasteiger partial charge in [0.2, 0.25) is 5.91 Å². The molecule has 7 nitrogen and oxygen atoms in total. The van der Waals surface area contributed by atoms with Crippen molar-refractivity contribution in [1.29, 1.82) is 0 Å². The van der Waals surface area contributed by atoms with Crippen molar-refractivity contribution in [3.05, 3.63) is 107 Å². The second-order valence-electron chi connectivity index (χ2n) is 8.49. The first-order valence-corrected chi connectivity index (χ1v) is 11.6. The number of rotatable bonds is 8. The summed E-state index contributed by atoms with van der Waals surface area (Å²) in [5.74, 6) is -0.384. The third kappa shape index (κ3) is 4.80. The molecule has 0 aliphatic rings. The third-order valence-corrected chi connectivity index (χ3v) is 6.04. The number of amides is 1. The van der Waals surface area contributed by atoms with Crippen LogP contribution in [0.2, 0.25) is 0 Å². The van der Waals surface area contributed by atoms with E-state index in [2.05, 4.69) is 0 Å². The van der Waals surface area contributed by atoms with E-state index in [0.717, 1.165) is 28.0 Å². The summed E-state index contributed by atoms with van der Waals surface area (Å²) in [5, 5.41) is 4.83. The molecule has 0 N–H and O–H groups in total. The van der Waals surface area contributed by atoms with Crippen LogP contribution in [0.15, 0.2) is 100 Å². The summed E-state index contributed by atoms with van der Waals surface area (Å²) < 4.78 is 8.72. The number of carbonyl (C=O) groups excluding carboxylic acids is 1. The van der Waals surface area contributed by atoms with Crippen LogP contribution in [0.5, 0.6) is 0 Å². The van der Waals surface area contributed by atoms with Crippen molar-refractivity contribution >= 4 is 17.0 Å². The zero-order valence-corrected chi connectivity index (χ0v) is 19.5. The molecule has 0 aliphatic carbocycles. The minimum Gasteiger partial charge on any atom is -0.408 e. The van der Waals surface area contributed by atoms with Gasteiger partial charge in [-0.1, -0.05) is 60.7 Å². The lowest BCUT2D eigenvalue weighted by Crippen LogP contribution is -2.26. The van der Waals surface area contributed by atoms with Crippen LogP contribution < -0.4 is 5.76 Å². The van der Waals surface area contributed by atoms with Crippen molar-refractivity contribution in [3.63, 3.8) is 0 Å². The molecule has 7 heteroatoms. The fourth-order valence-corrected chi connectivity index (χ4v) is 4.23. The number of aromatic nitrogens is 3. The maximum absolute atomic E-state index is 12.9. The van der Waals surface area contributed by atoms with Crippen LogP contribution in [0.3, 0.4) is 0 Å². The number of oxazole rings is 1. The van der Waals surface area contributed by atoms with Gasteiger partial charge < -0.3 is 9.32 Å². The Kier molecular flexibility index (Phi) is 6.30. The van der Waals surface area contributed by atoms with Crippen LogP contribution in [0, 0.1) is 0 Å². The van der Waals surface area contributed by atoms with Gasteiger partial charge in [0.15, 0.2) is 5.58 Å². The van der Waals surface area contributed by atoms with Crippen LogP contribution >= 0.6 is 0 Å². The lowest BCUT2D eigenvalue weighted by molar-refractivity contribution is -0.130. The van der Waals surface area contributed by atoms with E-state index < -0.39 is 5.76 Å².